The summed E-state index contributed by atoms with van der Waals surface area (Å²) in [5.74, 6) is 1.84. The van der Waals surface area contributed by atoms with E-state index in [0.717, 1.165) is 5.56 Å². The van der Waals surface area contributed by atoms with Crippen molar-refractivity contribution in [3.63, 3.8) is 0 Å². The molecule has 0 saturated carbocycles. The Bertz CT molecular complexity index is 484. The number of methoxy groups -OCH3 is 1. The maximum Gasteiger partial charge on any atom is 0.223 e. The van der Waals surface area contributed by atoms with Gasteiger partial charge in [0.15, 0.2) is 5.82 Å². The van der Waals surface area contributed by atoms with E-state index in [1.807, 2.05) is 12.1 Å². The lowest BCUT2D eigenvalue weighted by Gasteiger charge is -2.03. The zero-order chi connectivity index (χ0) is 12.1. The zero-order valence-electron chi connectivity index (χ0n) is 9.80. The van der Waals surface area contributed by atoms with Crippen molar-refractivity contribution in [3.8, 4) is 5.88 Å². The molecule has 0 spiro atoms. The molecule has 2 aromatic rings. The molecule has 2 heterocycles. The van der Waals surface area contributed by atoms with Gasteiger partial charge in [0.05, 0.1) is 13.7 Å². The van der Waals surface area contributed by atoms with Crippen LogP contribution in [0.25, 0.3) is 0 Å². The summed E-state index contributed by atoms with van der Waals surface area (Å²) in [7, 11) is 1.60. The molecule has 0 bridgehead atoms. The smallest absolute Gasteiger partial charge is 0.223 e. The lowest BCUT2D eigenvalue weighted by molar-refractivity contribution is 0.385. The number of ether oxygens (including phenoxy) is 1. The van der Waals surface area contributed by atoms with Crippen LogP contribution in [0.15, 0.2) is 22.9 Å². The Morgan fingerprint density at radius 2 is 2.29 bits per heavy atom. The normalized spacial score (nSPS) is 10.5. The molecule has 0 amide bonds. The van der Waals surface area contributed by atoms with E-state index in [1.165, 1.54) is 0 Å². The number of hydrogen-bond acceptors (Lipinski definition) is 6. The van der Waals surface area contributed by atoms with Gasteiger partial charge in [-0.1, -0.05) is 5.16 Å². The van der Waals surface area contributed by atoms with Crippen LogP contribution in [0.4, 0.5) is 0 Å². The average Bonchev–Trinajstić information content (AvgIpc) is 2.75. The second-order valence-corrected chi connectivity index (χ2v) is 3.54. The molecule has 6 heteroatoms. The van der Waals surface area contributed by atoms with Crippen molar-refractivity contribution in [1.29, 1.82) is 0 Å². The fraction of sp³-hybridized carbons (Fsp3) is 0.364. The van der Waals surface area contributed by atoms with Crippen molar-refractivity contribution in [2.75, 3.05) is 7.11 Å². The summed E-state index contributed by atoms with van der Waals surface area (Å²) in [5, 5.41) is 7.01. The number of pyridine rings is 1. The molecule has 0 unspecified atom stereocenters. The first-order chi connectivity index (χ1) is 8.28. The number of nitrogens with zero attached hydrogens (tertiary/aromatic N) is 3. The summed E-state index contributed by atoms with van der Waals surface area (Å²) in [6.45, 7) is 3.04. The van der Waals surface area contributed by atoms with Crippen molar-refractivity contribution < 1.29 is 9.26 Å². The van der Waals surface area contributed by atoms with Crippen LogP contribution in [-0.2, 0) is 13.1 Å². The fourth-order valence-electron chi connectivity index (χ4n) is 1.40. The van der Waals surface area contributed by atoms with Crippen LogP contribution < -0.4 is 10.1 Å². The number of hydrogen-bond donors (Lipinski definition) is 1. The van der Waals surface area contributed by atoms with Gasteiger partial charge in [-0.15, -0.1) is 0 Å². The minimum absolute atomic E-state index is 0.571. The molecule has 90 valence electrons. The standard InChI is InChI=1S/C11H14N4O2/c1-8-14-10(15-17-8)7-12-6-9-3-4-13-11(5-9)16-2/h3-5,12H,6-7H2,1-2H3. The number of aryl methyl sites for hydroxylation is 1. The number of rotatable bonds is 5. The van der Waals surface area contributed by atoms with Gasteiger partial charge in [0.25, 0.3) is 0 Å². The van der Waals surface area contributed by atoms with Gasteiger partial charge < -0.3 is 14.6 Å². The molecule has 0 fully saturated rings. The Kier molecular flexibility index (Phi) is 3.66. The monoisotopic (exact) mass is 234 g/mol. The Hall–Kier alpha value is -1.95. The third-order valence-electron chi connectivity index (χ3n) is 2.19. The van der Waals surface area contributed by atoms with Crippen LogP contribution in [0, 0.1) is 6.92 Å². The van der Waals surface area contributed by atoms with Crippen LogP contribution in [-0.4, -0.2) is 22.2 Å². The van der Waals surface area contributed by atoms with E-state index >= 15 is 0 Å². The SMILES string of the molecule is COc1cc(CNCc2noc(C)n2)ccn1. The van der Waals surface area contributed by atoms with Gasteiger partial charge >= 0.3 is 0 Å². The highest BCUT2D eigenvalue weighted by Gasteiger charge is 2.02. The molecule has 2 rings (SSSR count). The number of aromatic nitrogens is 3. The summed E-state index contributed by atoms with van der Waals surface area (Å²) >= 11 is 0. The largest absolute Gasteiger partial charge is 0.481 e. The Morgan fingerprint density at radius 1 is 1.41 bits per heavy atom. The van der Waals surface area contributed by atoms with Gasteiger partial charge in [0.2, 0.25) is 11.8 Å². The highest BCUT2D eigenvalue weighted by molar-refractivity contribution is 5.20. The summed E-state index contributed by atoms with van der Waals surface area (Å²) in [6, 6.07) is 3.81. The van der Waals surface area contributed by atoms with Gasteiger partial charge in [-0.25, -0.2) is 4.98 Å². The second kappa shape index (κ2) is 5.40. The van der Waals surface area contributed by atoms with E-state index in [-0.39, 0.29) is 0 Å². The van der Waals surface area contributed by atoms with E-state index in [0.29, 0.717) is 30.7 Å². The second-order valence-electron chi connectivity index (χ2n) is 3.54. The minimum Gasteiger partial charge on any atom is -0.481 e. The predicted octanol–water partition coefficient (Wildman–Crippen LogP) is 1.07. The molecule has 0 aliphatic heterocycles. The molecule has 0 saturated heterocycles. The lowest BCUT2D eigenvalue weighted by Crippen LogP contribution is -2.13. The first-order valence-electron chi connectivity index (χ1n) is 5.27. The third-order valence-corrected chi connectivity index (χ3v) is 2.19. The van der Waals surface area contributed by atoms with Crippen LogP contribution >= 0.6 is 0 Å². The van der Waals surface area contributed by atoms with Crippen LogP contribution in [0.5, 0.6) is 5.88 Å². The molecule has 0 aromatic carbocycles. The van der Waals surface area contributed by atoms with Gasteiger partial charge in [-0.2, -0.15) is 4.98 Å². The first kappa shape index (κ1) is 11.5. The maximum absolute atomic E-state index is 5.04. The van der Waals surface area contributed by atoms with E-state index in [2.05, 4.69) is 20.4 Å². The Balaban J connectivity index is 1.85. The minimum atomic E-state index is 0.571. The Morgan fingerprint density at radius 3 is 3.00 bits per heavy atom. The fourth-order valence-corrected chi connectivity index (χ4v) is 1.40. The molecule has 0 aliphatic rings. The third kappa shape index (κ3) is 3.25. The van der Waals surface area contributed by atoms with Crippen molar-refractivity contribution in [2.24, 2.45) is 0 Å². The summed E-state index contributed by atoms with van der Waals surface area (Å²) in [4.78, 5) is 8.14. The molecular weight excluding hydrogens is 220 g/mol. The average molecular weight is 234 g/mol. The highest BCUT2D eigenvalue weighted by atomic mass is 16.5. The van der Waals surface area contributed by atoms with Crippen LogP contribution in [0.1, 0.15) is 17.3 Å². The Labute approximate surface area is 99.0 Å². The van der Waals surface area contributed by atoms with Crippen molar-refractivity contribution in [2.45, 2.75) is 20.0 Å². The molecular formula is C11H14N4O2. The molecule has 0 aliphatic carbocycles. The quantitative estimate of drug-likeness (QED) is 0.834. The maximum atomic E-state index is 5.04. The van der Waals surface area contributed by atoms with E-state index in [1.54, 1.807) is 20.2 Å². The van der Waals surface area contributed by atoms with Crippen LogP contribution in [0.2, 0.25) is 0 Å². The molecule has 6 nitrogen and oxygen atoms in total. The van der Waals surface area contributed by atoms with Crippen molar-refractivity contribution in [3.05, 3.63) is 35.6 Å². The zero-order valence-corrected chi connectivity index (χ0v) is 9.80. The molecule has 17 heavy (non-hydrogen) atoms. The summed E-state index contributed by atoms with van der Waals surface area (Å²) < 4.78 is 9.92. The van der Waals surface area contributed by atoms with E-state index < -0.39 is 0 Å². The molecule has 0 atom stereocenters. The predicted molar refractivity (Wildman–Crippen MR) is 60.4 cm³/mol. The number of nitrogens with one attached hydrogen (secondary N) is 1. The van der Waals surface area contributed by atoms with Crippen molar-refractivity contribution >= 4 is 0 Å². The van der Waals surface area contributed by atoms with Crippen LogP contribution in [0.3, 0.4) is 0 Å². The van der Waals surface area contributed by atoms with Crippen molar-refractivity contribution in [1.82, 2.24) is 20.4 Å². The highest BCUT2D eigenvalue weighted by Crippen LogP contribution is 2.08. The van der Waals surface area contributed by atoms with Gasteiger partial charge in [0, 0.05) is 25.7 Å². The van der Waals surface area contributed by atoms with Gasteiger partial charge in [0.1, 0.15) is 0 Å². The topological polar surface area (TPSA) is 73.1 Å². The summed E-state index contributed by atoms with van der Waals surface area (Å²) in [6.07, 6.45) is 1.72. The molecule has 0 radical (unpaired) electrons. The first-order valence-corrected chi connectivity index (χ1v) is 5.27. The summed E-state index contributed by atoms with van der Waals surface area (Å²) in [5.41, 5.74) is 1.09. The van der Waals surface area contributed by atoms with E-state index in [4.69, 9.17) is 9.26 Å². The van der Waals surface area contributed by atoms with Gasteiger partial charge in [-0.05, 0) is 11.6 Å². The van der Waals surface area contributed by atoms with E-state index in [9.17, 15) is 0 Å². The van der Waals surface area contributed by atoms with Gasteiger partial charge in [-0.3, -0.25) is 0 Å². The molecule has 2 aromatic heterocycles. The lowest BCUT2D eigenvalue weighted by atomic mass is 10.2. The molecule has 1 N–H and O–H groups in total.